The minimum atomic E-state index is -0.221. The third-order valence-electron chi connectivity index (χ3n) is 5.24. The second-order valence-corrected chi connectivity index (χ2v) is 7.75. The van der Waals surface area contributed by atoms with Gasteiger partial charge in [0.05, 0.1) is 17.8 Å². The van der Waals surface area contributed by atoms with E-state index in [0.29, 0.717) is 36.5 Å². The molecule has 0 N–H and O–H groups in total. The minimum Gasteiger partial charge on any atom is -0.460 e. The molecule has 30 heavy (non-hydrogen) atoms. The lowest BCUT2D eigenvalue weighted by Gasteiger charge is -2.31. The molecule has 0 bridgehead atoms. The van der Waals surface area contributed by atoms with Crippen molar-refractivity contribution in [2.45, 2.75) is 19.4 Å². The third kappa shape index (κ3) is 4.71. The Morgan fingerprint density at radius 1 is 1.03 bits per heavy atom. The van der Waals surface area contributed by atoms with Crippen LogP contribution in [0.5, 0.6) is 0 Å². The van der Waals surface area contributed by atoms with Crippen molar-refractivity contribution < 1.29 is 14.3 Å². The van der Waals surface area contributed by atoms with Crippen LogP contribution in [0.15, 0.2) is 67.0 Å². The van der Waals surface area contributed by atoms with E-state index >= 15 is 0 Å². The first-order valence-corrected chi connectivity index (χ1v) is 10.3. The van der Waals surface area contributed by atoms with Gasteiger partial charge in [-0.3, -0.25) is 9.59 Å². The topological polar surface area (TPSA) is 64.4 Å². The van der Waals surface area contributed by atoms with Crippen LogP contribution in [0.1, 0.15) is 28.8 Å². The van der Waals surface area contributed by atoms with E-state index in [1.807, 2.05) is 36.5 Å². The molecule has 1 fully saturated rings. The highest BCUT2D eigenvalue weighted by atomic mass is 35.5. The second-order valence-electron chi connectivity index (χ2n) is 7.31. The van der Waals surface area contributed by atoms with Gasteiger partial charge in [-0.2, -0.15) is 5.10 Å². The van der Waals surface area contributed by atoms with Crippen LogP contribution in [0, 0.1) is 5.92 Å². The van der Waals surface area contributed by atoms with Crippen molar-refractivity contribution in [2.75, 3.05) is 13.1 Å². The van der Waals surface area contributed by atoms with Crippen molar-refractivity contribution in [2.24, 2.45) is 5.92 Å². The largest absolute Gasteiger partial charge is 0.460 e. The summed E-state index contributed by atoms with van der Waals surface area (Å²) in [7, 11) is 0. The maximum Gasteiger partial charge on any atom is 0.309 e. The van der Waals surface area contributed by atoms with Crippen LogP contribution < -0.4 is 0 Å². The van der Waals surface area contributed by atoms with Gasteiger partial charge in [0.15, 0.2) is 0 Å². The summed E-state index contributed by atoms with van der Waals surface area (Å²) in [6.45, 7) is 1.26. The summed E-state index contributed by atoms with van der Waals surface area (Å²) in [6, 6.07) is 16.6. The number of aromatic nitrogens is 2. The van der Waals surface area contributed by atoms with Gasteiger partial charge in [-0.25, -0.2) is 4.68 Å². The fourth-order valence-corrected chi connectivity index (χ4v) is 3.65. The number of halogens is 1. The molecule has 1 aromatic heterocycles. The first kappa shape index (κ1) is 20.2. The van der Waals surface area contributed by atoms with Gasteiger partial charge in [0.25, 0.3) is 5.91 Å². The van der Waals surface area contributed by atoms with Crippen LogP contribution in [0.25, 0.3) is 5.69 Å². The molecule has 3 aromatic rings. The smallest absolute Gasteiger partial charge is 0.309 e. The number of ether oxygens (including phenoxy) is 1. The monoisotopic (exact) mass is 423 g/mol. The number of carbonyl (C=O) groups is 2. The quantitative estimate of drug-likeness (QED) is 0.579. The Balaban J connectivity index is 1.26. The number of para-hydroxylation sites is 1. The fourth-order valence-electron chi connectivity index (χ4n) is 3.52. The van der Waals surface area contributed by atoms with Gasteiger partial charge in [-0.1, -0.05) is 29.8 Å². The van der Waals surface area contributed by atoms with Crippen molar-refractivity contribution in [3.8, 4) is 5.69 Å². The Bertz CT molecular complexity index is 1010. The maximum atomic E-state index is 12.6. The molecule has 2 aromatic carbocycles. The van der Waals surface area contributed by atoms with E-state index in [9.17, 15) is 9.59 Å². The van der Waals surface area contributed by atoms with Gasteiger partial charge in [0.1, 0.15) is 6.61 Å². The molecule has 1 saturated heterocycles. The van der Waals surface area contributed by atoms with Crippen LogP contribution in [-0.2, 0) is 16.1 Å². The molecule has 0 aliphatic carbocycles. The highest BCUT2D eigenvalue weighted by Gasteiger charge is 2.28. The van der Waals surface area contributed by atoms with Gasteiger partial charge in [-0.05, 0) is 49.2 Å². The third-order valence-corrected chi connectivity index (χ3v) is 5.50. The average molecular weight is 424 g/mol. The van der Waals surface area contributed by atoms with E-state index in [1.54, 1.807) is 40.0 Å². The Kier molecular flexibility index (Phi) is 6.14. The zero-order chi connectivity index (χ0) is 20.9. The van der Waals surface area contributed by atoms with Crippen molar-refractivity contribution in [1.82, 2.24) is 14.7 Å². The van der Waals surface area contributed by atoms with Gasteiger partial charge < -0.3 is 9.64 Å². The number of nitrogens with zero attached hydrogens (tertiary/aromatic N) is 3. The van der Waals surface area contributed by atoms with Crippen LogP contribution in [0.4, 0.5) is 0 Å². The number of benzene rings is 2. The molecule has 4 rings (SSSR count). The average Bonchev–Trinajstić information content (AvgIpc) is 3.27. The molecule has 0 atom stereocenters. The lowest BCUT2D eigenvalue weighted by molar-refractivity contribution is -0.151. The van der Waals surface area contributed by atoms with Crippen LogP contribution in [0.2, 0.25) is 5.02 Å². The normalized spacial score (nSPS) is 14.5. The van der Waals surface area contributed by atoms with Gasteiger partial charge >= 0.3 is 5.97 Å². The number of amides is 1. The first-order chi connectivity index (χ1) is 14.6. The molecular formula is C23H22ClN3O3. The summed E-state index contributed by atoms with van der Waals surface area (Å²) < 4.78 is 7.25. The first-order valence-electron chi connectivity index (χ1n) is 9.90. The van der Waals surface area contributed by atoms with Crippen LogP contribution in [-0.4, -0.2) is 39.6 Å². The molecule has 6 nitrogen and oxygen atoms in total. The van der Waals surface area contributed by atoms with Crippen molar-refractivity contribution >= 4 is 23.5 Å². The molecule has 0 radical (unpaired) electrons. The molecule has 2 heterocycles. The lowest BCUT2D eigenvalue weighted by Crippen LogP contribution is -2.40. The fraction of sp³-hybridized carbons (Fsp3) is 0.261. The zero-order valence-corrected chi connectivity index (χ0v) is 17.2. The maximum absolute atomic E-state index is 12.6. The number of piperidine rings is 1. The number of likely N-dealkylation sites (tertiary alicyclic amines) is 1. The minimum absolute atomic E-state index is 0.0354. The summed E-state index contributed by atoms with van der Waals surface area (Å²) >= 11 is 5.88. The van der Waals surface area contributed by atoms with Crippen LogP contribution in [0.3, 0.4) is 0 Å². The Hall–Kier alpha value is -3.12. The lowest BCUT2D eigenvalue weighted by atomic mass is 9.96. The molecule has 0 saturated carbocycles. The zero-order valence-electron chi connectivity index (χ0n) is 16.4. The Labute approximate surface area is 180 Å². The van der Waals surface area contributed by atoms with Crippen molar-refractivity contribution in [1.29, 1.82) is 0 Å². The van der Waals surface area contributed by atoms with E-state index in [4.69, 9.17) is 16.3 Å². The summed E-state index contributed by atoms with van der Waals surface area (Å²) in [5, 5.41) is 4.91. The van der Waals surface area contributed by atoms with Gasteiger partial charge in [0.2, 0.25) is 0 Å². The van der Waals surface area contributed by atoms with Crippen molar-refractivity contribution in [3.05, 3.63) is 83.1 Å². The molecule has 7 heteroatoms. The number of carbonyl (C=O) groups excluding carboxylic acids is 2. The van der Waals surface area contributed by atoms with E-state index in [0.717, 1.165) is 11.3 Å². The van der Waals surface area contributed by atoms with Gasteiger partial charge in [0, 0.05) is 35.4 Å². The van der Waals surface area contributed by atoms with E-state index < -0.39 is 0 Å². The summed E-state index contributed by atoms with van der Waals surface area (Å²) in [6.07, 6.45) is 4.76. The second kappa shape index (κ2) is 9.13. The number of hydrogen-bond acceptors (Lipinski definition) is 4. The van der Waals surface area contributed by atoms with E-state index in [-0.39, 0.29) is 24.4 Å². The SMILES string of the molecule is O=C(OCc1cnn(-c2ccccc2)c1)C1CCN(C(=O)c2ccc(Cl)cc2)CC1. The van der Waals surface area contributed by atoms with Crippen molar-refractivity contribution in [3.63, 3.8) is 0 Å². The number of hydrogen-bond donors (Lipinski definition) is 0. The van der Waals surface area contributed by atoms with Gasteiger partial charge in [-0.15, -0.1) is 0 Å². The Morgan fingerprint density at radius 2 is 1.73 bits per heavy atom. The van der Waals surface area contributed by atoms with E-state index in [2.05, 4.69) is 5.10 Å². The number of esters is 1. The predicted molar refractivity (Wildman–Crippen MR) is 113 cm³/mol. The predicted octanol–water partition coefficient (Wildman–Crippen LogP) is 4.12. The summed E-state index contributed by atoms with van der Waals surface area (Å²) in [5.74, 6) is -0.448. The van der Waals surface area contributed by atoms with Crippen LogP contribution >= 0.6 is 11.6 Å². The summed E-state index contributed by atoms with van der Waals surface area (Å²) in [5.41, 5.74) is 2.39. The molecule has 1 aliphatic rings. The molecule has 0 unspecified atom stereocenters. The summed E-state index contributed by atoms with van der Waals surface area (Å²) in [4.78, 5) is 26.8. The molecule has 1 aliphatic heterocycles. The molecule has 1 amide bonds. The molecular weight excluding hydrogens is 402 g/mol. The number of rotatable bonds is 5. The van der Waals surface area contributed by atoms with E-state index in [1.165, 1.54) is 0 Å². The standard InChI is InChI=1S/C23H22ClN3O3/c24-20-8-6-18(7-9-20)22(28)26-12-10-19(11-13-26)23(29)30-16-17-14-25-27(15-17)21-4-2-1-3-5-21/h1-9,14-15,19H,10-13,16H2. The highest BCUT2D eigenvalue weighted by Crippen LogP contribution is 2.21. The highest BCUT2D eigenvalue weighted by molar-refractivity contribution is 6.30. The molecule has 154 valence electrons. The Morgan fingerprint density at radius 3 is 2.43 bits per heavy atom. The molecule has 0 spiro atoms.